The molecule has 3 rings (SSSR count). The normalized spacial score (nSPS) is 17.9. The van der Waals surface area contributed by atoms with E-state index in [1.165, 1.54) is 0 Å². The Labute approximate surface area is 129 Å². The minimum absolute atomic E-state index is 0.00427. The van der Waals surface area contributed by atoms with Gasteiger partial charge in [-0.15, -0.1) is 6.58 Å². The van der Waals surface area contributed by atoms with Crippen LogP contribution in [0.15, 0.2) is 47.5 Å². The molecule has 5 heteroatoms. The van der Waals surface area contributed by atoms with Gasteiger partial charge in [-0.1, -0.05) is 29.4 Å². The van der Waals surface area contributed by atoms with E-state index in [1.807, 2.05) is 36.4 Å². The fourth-order valence-electron chi connectivity index (χ4n) is 2.67. The van der Waals surface area contributed by atoms with Crippen molar-refractivity contribution in [2.45, 2.75) is 31.6 Å². The fourth-order valence-corrected chi connectivity index (χ4v) is 2.67. The Bertz CT molecular complexity index is 651. The van der Waals surface area contributed by atoms with E-state index in [1.54, 1.807) is 4.90 Å². The molecule has 0 radical (unpaired) electrons. The van der Waals surface area contributed by atoms with Crippen molar-refractivity contribution in [3.63, 3.8) is 0 Å². The van der Waals surface area contributed by atoms with E-state index >= 15 is 0 Å². The van der Waals surface area contributed by atoms with Gasteiger partial charge in [-0.3, -0.25) is 4.79 Å². The molecule has 2 heterocycles. The van der Waals surface area contributed by atoms with Gasteiger partial charge in [0.1, 0.15) is 0 Å². The second-order valence-corrected chi connectivity index (χ2v) is 5.47. The van der Waals surface area contributed by atoms with Crippen LogP contribution in [-0.4, -0.2) is 22.6 Å². The highest BCUT2D eigenvalue weighted by molar-refractivity contribution is 5.96. The van der Waals surface area contributed by atoms with Crippen LogP contribution in [0.25, 0.3) is 0 Å². The van der Waals surface area contributed by atoms with E-state index in [2.05, 4.69) is 16.7 Å². The van der Waals surface area contributed by atoms with E-state index in [0.29, 0.717) is 24.7 Å². The first-order chi connectivity index (χ1) is 10.8. The number of hydrogen-bond acceptors (Lipinski definition) is 4. The maximum absolute atomic E-state index is 12.2. The lowest BCUT2D eigenvalue weighted by Gasteiger charge is -2.15. The summed E-state index contributed by atoms with van der Waals surface area (Å²) in [6.45, 7) is 4.30. The topological polar surface area (TPSA) is 59.2 Å². The molecule has 1 aromatic heterocycles. The average molecular weight is 297 g/mol. The van der Waals surface area contributed by atoms with Crippen molar-refractivity contribution in [1.82, 2.24) is 10.1 Å². The molecular formula is C17H19N3O2. The van der Waals surface area contributed by atoms with Crippen LogP contribution in [0.1, 0.15) is 36.9 Å². The van der Waals surface area contributed by atoms with Crippen molar-refractivity contribution < 1.29 is 9.32 Å². The summed E-state index contributed by atoms with van der Waals surface area (Å²) in [4.78, 5) is 18.4. The number of allylic oxidation sites excluding steroid dienone is 1. The van der Waals surface area contributed by atoms with Gasteiger partial charge < -0.3 is 9.42 Å². The number of amides is 1. The SMILES string of the molecule is C=CCCCc1nc([C@H]2CC(=O)N(c3ccccc3)C2)no1. The highest BCUT2D eigenvalue weighted by Crippen LogP contribution is 2.30. The second-order valence-electron chi connectivity index (χ2n) is 5.47. The molecule has 1 atom stereocenters. The number of anilines is 1. The van der Waals surface area contributed by atoms with Gasteiger partial charge in [-0.25, -0.2) is 0 Å². The molecule has 1 aliphatic rings. The number of aryl methyl sites for hydroxylation is 1. The maximum Gasteiger partial charge on any atom is 0.227 e. The van der Waals surface area contributed by atoms with E-state index in [4.69, 9.17) is 4.52 Å². The molecular weight excluding hydrogens is 278 g/mol. The third kappa shape index (κ3) is 3.08. The highest BCUT2D eigenvalue weighted by Gasteiger charge is 2.34. The molecule has 0 saturated carbocycles. The first-order valence-electron chi connectivity index (χ1n) is 7.56. The minimum Gasteiger partial charge on any atom is -0.339 e. The number of carbonyl (C=O) groups excluding carboxylic acids is 1. The number of benzene rings is 1. The van der Waals surface area contributed by atoms with E-state index < -0.39 is 0 Å². The molecule has 0 bridgehead atoms. The van der Waals surface area contributed by atoms with Crippen LogP contribution in [0.3, 0.4) is 0 Å². The van der Waals surface area contributed by atoms with Crippen molar-refractivity contribution >= 4 is 11.6 Å². The molecule has 2 aromatic rings. The van der Waals surface area contributed by atoms with Gasteiger partial charge in [0, 0.05) is 31.0 Å². The van der Waals surface area contributed by atoms with E-state index in [9.17, 15) is 4.79 Å². The molecule has 0 spiro atoms. The zero-order valence-electron chi connectivity index (χ0n) is 12.4. The monoisotopic (exact) mass is 297 g/mol. The van der Waals surface area contributed by atoms with E-state index in [-0.39, 0.29) is 11.8 Å². The van der Waals surface area contributed by atoms with Crippen molar-refractivity contribution in [2.75, 3.05) is 11.4 Å². The highest BCUT2D eigenvalue weighted by atomic mass is 16.5. The van der Waals surface area contributed by atoms with Crippen LogP contribution in [0.5, 0.6) is 0 Å². The predicted octanol–water partition coefficient (Wildman–Crippen LogP) is 3.10. The molecule has 0 aliphatic carbocycles. The molecule has 0 N–H and O–H groups in total. The molecule has 0 unspecified atom stereocenters. The summed E-state index contributed by atoms with van der Waals surface area (Å²) in [5, 5.41) is 4.05. The van der Waals surface area contributed by atoms with Gasteiger partial charge in [0.2, 0.25) is 11.8 Å². The van der Waals surface area contributed by atoms with Crippen molar-refractivity contribution in [2.24, 2.45) is 0 Å². The fraction of sp³-hybridized carbons (Fsp3) is 0.353. The summed E-state index contributed by atoms with van der Waals surface area (Å²) in [6.07, 6.45) is 4.94. The van der Waals surface area contributed by atoms with Gasteiger partial charge in [0.05, 0.1) is 0 Å². The lowest BCUT2D eigenvalue weighted by Crippen LogP contribution is -2.24. The first kappa shape index (κ1) is 14.5. The summed E-state index contributed by atoms with van der Waals surface area (Å²) >= 11 is 0. The summed E-state index contributed by atoms with van der Waals surface area (Å²) in [5.41, 5.74) is 0.921. The summed E-state index contributed by atoms with van der Waals surface area (Å²) in [7, 11) is 0. The molecule has 5 nitrogen and oxygen atoms in total. The molecule has 1 saturated heterocycles. The van der Waals surface area contributed by atoms with Crippen LogP contribution >= 0.6 is 0 Å². The number of hydrogen-bond donors (Lipinski definition) is 0. The molecule has 1 aromatic carbocycles. The number of aromatic nitrogens is 2. The Morgan fingerprint density at radius 3 is 2.95 bits per heavy atom. The summed E-state index contributed by atoms with van der Waals surface area (Å²) in [5.74, 6) is 1.39. The van der Waals surface area contributed by atoms with Gasteiger partial charge in [0.15, 0.2) is 5.82 Å². The van der Waals surface area contributed by atoms with E-state index in [0.717, 1.165) is 24.9 Å². The maximum atomic E-state index is 12.2. The summed E-state index contributed by atoms with van der Waals surface area (Å²) < 4.78 is 5.27. The zero-order valence-corrected chi connectivity index (χ0v) is 12.4. The smallest absolute Gasteiger partial charge is 0.227 e. The molecule has 1 fully saturated rings. The van der Waals surface area contributed by atoms with Crippen LogP contribution < -0.4 is 4.90 Å². The zero-order chi connectivity index (χ0) is 15.4. The van der Waals surface area contributed by atoms with Crippen LogP contribution in [-0.2, 0) is 11.2 Å². The minimum atomic E-state index is 0.00427. The first-order valence-corrected chi connectivity index (χ1v) is 7.56. The molecule has 22 heavy (non-hydrogen) atoms. The standard InChI is InChI=1S/C17H19N3O2/c1-2-3-5-10-15-18-17(19-22-15)13-11-16(21)20(12-13)14-8-6-4-7-9-14/h2,4,6-9,13H,1,3,5,10-12H2/t13-/m0/s1. The third-order valence-electron chi connectivity index (χ3n) is 3.84. The average Bonchev–Trinajstić information content (AvgIpc) is 3.15. The summed E-state index contributed by atoms with van der Waals surface area (Å²) in [6, 6.07) is 9.69. The van der Waals surface area contributed by atoms with Gasteiger partial charge in [0.25, 0.3) is 0 Å². The lowest BCUT2D eigenvalue weighted by atomic mass is 10.1. The third-order valence-corrected chi connectivity index (χ3v) is 3.84. The Kier molecular flexibility index (Phi) is 4.32. The van der Waals surface area contributed by atoms with Gasteiger partial charge in [-0.2, -0.15) is 4.98 Å². The quantitative estimate of drug-likeness (QED) is 0.607. The van der Waals surface area contributed by atoms with Crippen molar-refractivity contribution in [3.8, 4) is 0 Å². The predicted molar refractivity (Wildman–Crippen MR) is 83.6 cm³/mol. The lowest BCUT2D eigenvalue weighted by molar-refractivity contribution is -0.117. The van der Waals surface area contributed by atoms with Crippen LogP contribution in [0.4, 0.5) is 5.69 Å². The van der Waals surface area contributed by atoms with Crippen molar-refractivity contribution in [3.05, 3.63) is 54.7 Å². The molecule has 114 valence electrons. The number of carbonyl (C=O) groups is 1. The number of unbranched alkanes of at least 4 members (excludes halogenated alkanes) is 1. The van der Waals surface area contributed by atoms with Gasteiger partial charge in [-0.05, 0) is 25.0 Å². The largest absolute Gasteiger partial charge is 0.339 e. The van der Waals surface area contributed by atoms with Crippen LogP contribution in [0.2, 0.25) is 0 Å². The van der Waals surface area contributed by atoms with Crippen LogP contribution in [0, 0.1) is 0 Å². The Morgan fingerprint density at radius 2 is 2.18 bits per heavy atom. The molecule has 1 aliphatic heterocycles. The number of rotatable bonds is 6. The number of para-hydroxylation sites is 1. The second kappa shape index (κ2) is 6.56. The molecule has 1 amide bonds. The number of nitrogens with zero attached hydrogens (tertiary/aromatic N) is 3. The Morgan fingerprint density at radius 1 is 1.36 bits per heavy atom. The van der Waals surface area contributed by atoms with Gasteiger partial charge >= 0.3 is 0 Å². The van der Waals surface area contributed by atoms with Crippen molar-refractivity contribution in [1.29, 1.82) is 0 Å². The Hall–Kier alpha value is -2.43. The Balaban J connectivity index is 1.67.